The van der Waals surface area contributed by atoms with Gasteiger partial charge in [0.25, 0.3) is 0 Å². The van der Waals surface area contributed by atoms with E-state index in [0.29, 0.717) is 5.92 Å². The molecule has 2 aromatic heterocycles. The summed E-state index contributed by atoms with van der Waals surface area (Å²) < 4.78 is 7.72. The number of hydrogen-bond donors (Lipinski definition) is 0. The van der Waals surface area contributed by atoms with Crippen LogP contribution >= 0.6 is 11.3 Å². The lowest BCUT2D eigenvalue weighted by Gasteiger charge is -2.22. The van der Waals surface area contributed by atoms with E-state index in [1.807, 2.05) is 30.6 Å². The monoisotopic (exact) mass is 325 g/mol. The van der Waals surface area contributed by atoms with Gasteiger partial charge in [-0.15, -0.1) is 11.3 Å². The second-order valence-corrected chi connectivity index (χ2v) is 6.89. The third-order valence-electron chi connectivity index (χ3n) is 4.26. The van der Waals surface area contributed by atoms with Crippen LogP contribution in [0.2, 0.25) is 0 Å². The summed E-state index contributed by atoms with van der Waals surface area (Å²) in [5.41, 5.74) is 1.16. The molecule has 3 heterocycles. The summed E-state index contributed by atoms with van der Waals surface area (Å²) in [5.74, 6) is 1.70. The molecule has 0 unspecified atom stereocenters. The Balaban J connectivity index is 1.57. The van der Waals surface area contributed by atoms with Crippen LogP contribution < -0.4 is 0 Å². The Morgan fingerprint density at radius 3 is 2.78 bits per heavy atom. The molecule has 1 aliphatic heterocycles. The van der Waals surface area contributed by atoms with Gasteiger partial charge < -0.3 is 9.30 Å². The van der Waals surface area contributed by atoms with E-state index < -0.39 is 0 Å². The Morgan fingerprint density at radius 2 is 1.96 bits per heavy atom. The number of imidazole rings is 1. The number of thiazole rings is 1. The van der Waals surface area contributed by atoms with Crippen molar-refractivity contribution in [1.82, 2.24) is 14.5 Å². The SMILES string of the molecule is c1ccc(-c2ncc(-c3nccn3CC3CCOCC3)s2)cc1. The lowest BCUT2D eigenvalue weighted by Crippen LogP contribution is -2.20. The van der Waals surface area contributed by atoms with Crippen molar-refractivity contribution in [3.8, 4) is 21.3 Å². The molecule has 118 valence electrons. The molecule has 0 bridgehead atoms. The van der Waals surface area contributed by atoms with Crippen LogP contribution in [0.1, 0.15) is 12.8 Å². The summed E-state index contributed by atoms with van der Waals surface area (Å²) in [6.07, 6.45) is 8.17. The van der Waals surface area contributed by atoms with Gasteiger partial charge in [0.15, 0.2) is 5.82 Å². The van der Waals surface area contributed by atoms with E-state index in [4.69, 9.17) is 4.74 Å². The number of aromatic nitrogens is 3. The Kier molecular flexibility index (Phi) is 4.22. The van der Waals surface area contributed by atoms with Crippen molar-refractivity contribution < 1.29 is 4.74 Å². The van der Waals surface area contributed by atoms with E-state index in [1.165, 1.54) is 0 Å². The number of ether oxygens (including phenoxy) is 1. The van der Waals surface area contributed by atoms with Crippen molar-refractivity contribution in [2.75, 3.05) is 13.2 Å². The molecule has 0 saturated carbocycles. The number of hydrogen-bond acceptors (Lipinski definition) is 4. The van der Waals surface area contributed by atoms with Gasteiger partial charge in [-0.25, -0.2) is 9.97 Å². The number of rotatable bonds is 4. The van der Waals surface area contributed by atoms with Crippen molar-refractivity contribution in [2.24, 2.45) is 5.92 Å². The summed E-state index contributed by atoms with van der Waals surface area (Å²) in [5, 5.41) is 1.04. The number of benzene rings is 1. The van der Waals surface area contributed by atoms with Crippen LogP contribution in [0.3, 0.4) is 0 Å². The fraction of sp³-hybridized carbons (Fsp3) is 0.333. The van der Waals surface area contributed by atoms with Gasteiger partial charge in [-0.1, -0.05) is 30.3 Å². The molecular weight excluding hydrogens is 306 g/mol. The van der Waals surface area contributed by atoms with Crippen LogP contribution in [-0.2, 0) is 11.3 Å². The zero-order valence-electron chi connectivity index (χ0n) is 12.9. The molecule has 23 heavy (non-hydrogen) atoms. The lowest BCUT2D eigenvalue weighted by atomic mass is 10.0. The van der Waals surface area contributed by atoms with Gasteiger partial charge in [-0.05, 0) is 18.8 Å². The Bertz CT molecular complexity index is 759. The summed E-state index contributed by atoms with van der Waals surface area (Å²) in [6, 6.07) is 10.3. The zero-order valence-corrected chi connectivity index (χ0v) is 13.7. The van der Waals surface area contributed by atoms with Crippen LogP contribution in [-0.4, -0.2) is 27.7 Å². The lowest BCUT2D eigenvalue weighted by molar-refractivity contribution is 0.0614. The van der Waals surface area contributed by atoms with Crippen molar-refractivity contribution in [3.05, 3.63) is 48.9 Å². The van der Waals surface area contributed by atoms with Gasteiger partial charge in [0.1, 0.15) is 5.01 Å². The van der Waals surface area contributed by atoms with E-state index in [1.54, 1.807) is 11.3 Å². The van der Waals surface area contributed by atoms with Gasteiger partial charge in [0.2, 0.25) is 0 Å². The first-order chi connectivity index (χ1) is 11.4. The largest absolute Gasteiger partial charge is 0.381 e. The highest BCUT2D eigenvalue weighted by Crippen LogP contribution is 2.31. The molecule has 1 fully saturated rings. The van der Waals surface area contributed by atoms with E-state index in [2.05, 4.69) is 32.9 Å². The zero-order chi connectivity index (χ0) is 15.5. The minimum absolute atomic E-state index is 0.679. The maximum Gasteiger partial charge on any atom is 0.151 e. The second kappa shape index (κ2) is 6.64. The average molecular weight is 325 g/mol. The summed E-state index contributed by atoms with van der Waals surface area (Å²) in [4.78, 5) is 10.3. The number of nitrogens with zero attached hydrogens (tertiary/aromatic N) is 3. The molecule has 1 aromatic carbocycles. The molecule has 0 spiro atoms. The average Bonchev–Trinajstić information content (AvgIpc) is 3.25. The molecule has 0 N–H and O–H groups in total. The standard InChI is InChI=1S/C18H19N3OS/c1-2-4-15(5-3-1)18-20-12-16(23-18)17-19-8-9-21(17)13-14-6-10-22-11-7-14/h1-5,8-9,12,14H,6-7,10-11,13H2. The maximum atomic E-state index is 5.45. The van der Waals surface area contributed by atoms with Crippen LogP contribution in [0.15, 0.2) is 48.9 Å². The van der Waals surface area contributed by atoms with Crippen molar-refractivity contribution in [2.45, 2.75) is 19.4 Å². The summed E-state index contributed by atoms with van der Waals surface area (Å²) in [6.45, 7) is 2.78. The fourth-order valence-corrected chi connectivity index (χ4v) is 3.91. The summed E-state index contributed by atoms with van der Waals surface area (Å²) >= 11 is 1.70. The highest BCUT2D eigenvalue weighted by Gasteiger charge is 2.17. The van der Waals surface area contributed by atoms with Gasteiger partial charge in [-0.2, -0.15) is 0 Å². The molecule has 1 aliphatic rings. The molecular formula is C18H19N3OS. The molecule has 0 aliphatic carbocycles. The van der Waals surface area contributed by atoms with Gasteiger partial charge in [0.05, 0.1) is 4.88 Å². The fourth-order valence-electron chi connectivity index (χ4n) is 2.98. The predicted octanol–water partition coefficient (Wildman–Crippen LogP) is 4.10. The van der Waals surface area contributed by atoms with Gasteiger partial charge in [0, 0.05) is 43.9 Å². The summed E-state index contributed by atoms with van der Waals surface area (Å²) in [7, 11) is 0. The minimum atomic E-state index is 0.679. The molecule has 0 atom stereocenters. The third-order valence-corrected chi connectivity index (χ3v) is 5.30. The van der Waals surface area contributed by atoms with E-state index in [-0.39, 0.29) is 0 Å². The minimum Gasteiger partial charge on any atom is -0.381 e. The van der Waals surface area contributed by atoms with E-state index in [9.17, 15) is 0 Å². The molecule has 1 saturated heterocycles. The first-order valence-corrected chi connectivity index (χ1v) is 8.82. The Hall–Kier alpha value is -1.98. The van der Waals surface area contributed by atoms with Crippen LogP contribution in [0.5, 0.6) is 0 Å². The Labute approximate surface area is 139 Å². The third kappa shape index (κ3) is 3.21. The van der Waals surface area contributed by atoms with Crippen LogP contribution in [0.4, 0.5) is 0 Å². The molecule has 4 rings (SSSR count). The van der Waals surface area contributed by atoms with Crippen LogP contribution in [0, 0.1) is 5.92 Å². The second-order valence-electron chi connectivity index (χ2n) is 5.85. The van der Waals surface area contributed by atoms with Crippen molar-refractivity contribution >= 4 is 11.3 Å². The smallest absolute Gasteiger partial charge is 0.151 e. The van der Waals surface area contributed by atoms with Gasteiger partial charge in [-0.3, -0.25) is 0 Å². The van der Waals surface area contributed by atoms with Crippen molar-refractivity contribution in [1.29, 1.82) is 0 Å². The quantitative estimate of drug-likeness (QED) is 0.725. The van der Waals surface area contributed by atoms with E-state index >= 15 is 0 Å². The van der Waals surface area contributed by atoms with Crippen LogP contribution in [0.25, 0.3) is 21.3 Å². The van der Waals surface area contributed by atoms with E-state index in [0.717, 1.165) is 53.9 Å². The molecule has 3 aromatic rings. The first kappa shape index (κ1) is 14.6. The predicted molar refractivity (Wildman–Crippen MR) is 92.3 cm³/mol. The highest BCUT2D eigenvalue weighted by molar-refractivity contribution is 7.18. The topological polar surface area (TPSA) is 39.9 Å². The van der Waals surface area contributed by atoms with Crippen molar-refractivity contribution in [3.63, 3.8) is 0 Å². The first-order valence-electron chi connectivity index (χ1n) is 8.00. The maximum absolute atomic E-state index is 5.45. The molecule has 0 amide bonds. The highest BCUT2D eigenvalue weighted by atomic mass is 32.1. The normalized spacial score (nSPS) is 15.8. The molecule has 5 heteroatoms. The molecule has 4 nitrogen and oxygen atoms in total. The molecule has 0 radical (unpaired) electrons. The van der Waals surface area contributed by atoms with Gasteiger partial charge >= 0.3 is 0 Å². The Morgan fingerprint density at radius 1 is 1.13 bits per heavy atom.